The normalized spacial score (nSPS) is 30.8. The summed E-state index contributed by atoms with van der Waals surface area (Å²) in [5, 5.41) is 12.8. The van der Waals surface area contributed by atoms with Crippen LogP contribution in [0.2, 0.25) is 0 Å². The Hall–Kier alpha value is -0.120. The Balaban J connectivity index is 1.61. The van der Waals surface area contributed by atoms with E-state index in [2.05, 4.69) is 24.1 Å². The molecule has 3 heteroatoms. The van der Waals surface area contributed by atoms with Gasteiger partial charge in [0.25, 0.3) is 0 Å². The summed E-state index contributed by atoms with van der Waals surface area (Å²) in [5.41, 5.74) is -0.0707. The molecular weight excluding hydrogens is 224 g/mol. The minimum Gasteiger partial charge on any atom is -0.394 e. The highest BCUT2D eigenvalue weighted by Gasteiger charge is 2.37. The van der Waals surface area contributed by atoms with Gasteiger partial charge in [-0.05, 0) is 58.0 Å². The van der Waals surface area contributed by atoms with Gasteiger partial charge in [-0.3, -0.25) is 0 Å². The van der Waals surface area contributed by atoms with E-state index in [9.17, 15) is 5.11 Å². The summed E-state index contributed by atoms with van der Waals surface area (Å²) in [7, 11) is 0. The fourth-order valence-electron chi connectivity index (χ4n) is 3.78. The molecule has 3 nitrogen and oxygen atoms in total. The minimum atomic E-state index is -0.0707. The Morgan fingerprint density at radius 3 is 2.72 bits per heavy atom. The summed E-state index contributed by atoms with van der Waals surface area (Å²) in [4.78, 5) is 2.71. The molecule has 1 saturated carbocycles. The molecule has 2 rings (SSSR count). The molecule has 0 amide bonds. The number of aliphatic hydroxyl groups excluding tert-OH is 1. The SMILES string of the molecule is CCNC(C)(CO)CCCCN1CC2CCC1C2. The van der Waals surface area contributed by atoms with Gasteiger partial charge in [-0.15, -0.1) is 0 Å². The van der Waals surface area contributed by atoms with Gasteiger partial charge >= 0.3 is 0 Å². The molecule has 0 aromatic rings. The van der Waals surface area contributed by atoms with Crippen molar-refractivity contribution in [1.82, 2.24) is 10.2 Å². The van der Waals surface area contributed by atoms with Crippen molar-refractivity contribution in [2.45, 2.75) is 64.0 Å². The van der Waals surface area contributed by atoms with Crippen molar-refractivity contribution in [2.24, 2.45) is 5.92 Å². The Labute approximate surface area is 112 Å². The molecule has 0 radical (unpaired) electrons. The third kappa shape index (κ3) is 3.46. The lowest BCUT2D eigenvalue weighted by Gasteiger charge is -2.30. The fraction of sp³-hybridized carbons (Fsp3) is 1.00. The predicted molar refractivity (Wildman–Crippen MR) is 75.7 cm³/mol. The van der Waals surface area contributed by atoms with Crippen LogP contribution in [0.4, 0.5) is 0 Å². The Bertz CT molecular complexity index is 259. The van der Waals surface area contributed by atoms with E-state index >= 15 is 0 Å². The quantitative estimate of drug-likeness (QED) is 0.650. The van der Waals surface area contributed by atoms with Crippen molar-refractivity contribution in [3.05, 3.63) is 0 Å². The molecule has 2 bridgehead atoms. The maximum atomic E-state index is 9.44. The molecule has 2 N–H and O–H groups in total. The van der Waals surface area contributed by atoms with E-state index in [1.165, 1.54) is 45.2 Å². The standard InChI is InChI=1S/C15H30N2O/c1-3-16-15(2,12-18)8-4-5-9-17-11-13-6-7-14(17)10-13/h13-14,16,18H,3-12H2,1-2H3. The molecule has 0 spiro atoms. The Morgan fingerprint density at radius 2 is 2.17 bits per heavy atom. The first-order valence-electron chi connectivity index (χ1n) is 7.77. The number of nitrogens with one attached hydrogen (secondary N) is 1. The van der Waals surface area contributed by atoms with Crippen LogP contribution in [0.1, 0.15) is 52.4 Å². The first-order valence-corrected chi connectivity index (χ1v) is 7.77. The van der Waals surface area contributed by atoms with Crippen LogP contribution in [0.3, 0.4) is 0 Å². The molecule has 106 valence electrons. The van der Waals surface area contributed by atoms with E-state index in [-0.39, 0.29) is 12.1 Å². The maximum absolute atomic E-state index is 9.44. The van der Waals surface area contributed by atoms with E-state index in [1.807, 2.05) is 0 Å². The lowest BCUT2D eigenvalue weighted by atomic mass is 9.95. The van der Waals surface area contributed by atoms with Crippen LogP contribution in [0, 0.1) is 5.92 Å². The van der Waals surface area contributed by atoms with E-state index in [0.717, 1.165) is 24.9 Å². The topological polar surface area (TPSA) is 35.5 Å². The van der Waals surface area contributed by atoms with Gasteiger partial charge in [-0.1, -0.05) is 13.3 Å². The van der Waals surface area contributed by atoms with Crippen LogP contribution in [-0.4, -0.2) is 47.8 Å². The third-order valence-corrected chi connectivity index (χ3v) is 4.90. The summed E-state index contributed by atoms with van der Waals surface area (Å²) >= 11 is 0. The lowest BCUT2D eigenvalue weighted by Crippen LogP contribution is -2.45. The van der Waals surface area contributed by atoms with Gasteiger partial charge < -0.3 is 15.3 Å². The fourth-order valence-corrected chi connectivity index (χ4v) is 3.78. The van der Waals surface area contributed by atoms with E-state index in [1.54, 1.807) is 0 Å². The van der Waals surface area contributed by atoms with Crippen molar-refractivity contribution in [3.8, 4) is 0 Å². The monoisotopic (exact) mass is 254 g/mol. The number of aliphatic hydroxyl groups is 1. The smallest absolute Gasteiger partial charge is 0.0610 e. The Morgan fingerprint density at radius 1 is 1.33 bits per heavy atom. The predicted octanol–water partition coefficient (Wildman–Crippen LogP) is 2.00. The van der Waals surface area contributed by atoms with E-state index in [4.69, 9.17) is 0 Å². The average molecular weight is 254 g/mol. The van der Waals surface area contributed by atoms with Crippen LogP contribution in [-0.2, 0) is 0 Å². The number of likely N-dealkylation sites (tertiary alicyclic amines) is 1. The van der Waals surface area contributed by atoms with Gasteiger partial charge in [0.1, 0.15) is 0 Å². The number of likely N-dealkylation sites (N-methyl/N-ethyl adjacent to an activating group) is 1. The van der Waals surface area contributed by atoms with Crippen LogP contribution >= 0.6 is 0 Å². The molecule has 3 unspecified atom stereocenters. The van der Waals surface area contributed by atoms with Crippen molar-refractivity contribution in [3.63, 3.8) is 0 Å². The van der Waals surface area contributed by atoms with Gasteiger partial charge in [-0.2, -0.15) is 0 Å². The first-order chi connectivity index (χ1) is 8.67. The second-order valence-electron chi connectivity index (χ2n) is 6.53. The summed E-state index contributed by atoms with van der Waals surface area (Å²) < 4.78 is 0. The van der Waals surface area contributed by atoms with Gasteiger partial charge in [0.15, 0.2) is 0 Å². The maximum Gasteiger partial charge on any atom is 0.0610 e. The first kappa shape index (κ1) is 14.3. The molecule has 18 heavy (non-hydrogen) atoms. The van der Waals surface area contributed by atoms with Gasteiger partial charge in [0.05, 0.1) is 6.61 Å². The van der Waals surface area contributed by atoms with Crippen LogP contribution in [0.5, 0.6) is 0 Å². The lowest BCUT2D eigenvalue weighted by molar-refractivity contribution is 0.159. The van der Waals surface area contributed by atoms with Crippen LogP contribution in [0.25, 0.3) is 0 Å². The van der Waals surface area contributed by atoms with Gasteiger partial charge in [-0.25, -0.2) is 0 Å². The summed E-state index contributed by atoms with van der Waals surface area (Å²) in [5.74, 6) is 1.01. The molecule has 2 aliphatic rings. The highest BCUT2D eigenvalue weighted by Crippen LogP contribution is 2.37. The van der Waals surface area contributed by atoms with Crippen LogP contribution < -0.4 is 5.32 Å². The summed E-state index contributed by atoms with van der Waals surface area (Å²) in [6.07, 6.45) is 7.97. The number of rotatable bonds is 8. The highest BCUT2D eigenvalue weighted by atomic mass is 16.3. The van der Waals surface area contributed by atoms with Crippen LogP contribution in [0.15, 0.2) is 0 Å². The van der Waals surface area contributed by atoms with Gasteiger partial charge in [0.2, 0.25) is 0 Å². The van der Waals surface area contributed by atoms with Gasteiger partial charge in [0, 0.05) is 18.1 Å². The third-order valence-electron chi connectivity index (χ3n) is 4.90. The number of fused-ring (bicyclic) bond motifs is 2. The summed E-state index contributed by atoms with van der Waals surface area (Å²) in [6.45, 7) is 8.05. The second kappa shape index (κ2) is 6.36. The minimum absolute atomic E-state index is 0.0707. The largest absolute Gasteiger partial charge is 0.394 e. The molecule has 1 saturated heterocycles. The second-order valence-corrected chi connectivity index (χ2v) is 6.53. The summed E-state index contributed by atoms with van der Waals surface area (Å²) in [6, 6.07) is 0.910. The number of piperidine rings is 1. The number of nitrogens with zero attached hydrogens (tertiary/aromatic N) is 1. The number of hydrogen-bond donors (Lipinski definition) is 2. The zero-order valence-electron chi connectivity index (χ0n) is 12.1. The molecular formula is C15H30N2O. The highest BCUT2D eigenvalue weighted by molar-refractivity contribution is 4.92. The zero-order chi connectivity index (χ0) is 13.0. The molecule has 0 aromatic carbocycles. The van der Waals surface area contributed by atoms with Crippen molar-refractivity contribution < 1.29 is 5.11 Å². The van der Waals surface area contributed by atoms with Crippen molar-refractivity contribution in [1.29, 1.82) is 0 Å². The molecule has 1 aliphatic carbocycles. The van der Waals surface area contributed by atoms with Crippen molar-refractivity contribution in [2.75, 3.05) is 26.2 Å². The Kier molecular flexibility index (Phi) is 5.05. The molecule has 3 atom stereocenters. The molecule has 2 fully saturated rings. The average Bonchev–Trinajstić information content (AvgIpc) is 2.97. The number of unbranched alkanes of at least 4 members (excludes halogenated alkanes) is 1. The number of hydrogen-bond acceptors (Lipinski definition) is 3. The zero-order valence-corrected chi connectivity index (χ0v) is 12.1. The van der Waals surface area contributed by atoms with E-state index in [0.29, 0.717) is 0 Å². The van der Waals surface area contributed by atoms with Crippen molar-refractivity contribution >= 4 is 0 Å². The molecule has 1 aliphatic heterocycles. The molecule has 1 heterocycles. The molecule has 0 aromatic heterocycles. The van der Waals surface area contributed by atoms with E-state index < -0.39 is 0 Å².